The van der Waals surface area contributed by atoms with E-state index in [1.807, 2.05) is 42.8 Å². The van der Waals surface area contributed by atoms with E-state index in [4.69, 9.17) is 5.73 Å². The molecule has 1 heterocycles. The monoisotopic (exact) mass is 336 g/mol. The summed E-state index contributed by atoms with van der Waals surface area (Å²) in [6, 6.07) is 7.62. The van der Waals surface area contributed by atoms with Crippen molar-refractivity contribution in [1.29, 1.82) is 0 Å². The highest BCUT2D eigenvalue weighted by molar-refractivity contribution is 5.85. The quantitative estimate of drug-likeness (QED) is 0.815. The molecule has 3 N–H and O–H groups in total. The standard InChI is InChI=1S/C17H24N4O.ClH/c1-3-13(2)16(18)17(22)20-10-14-6-4-5-7-15(14)11-21-9-8-19-12-21;/h4-9,12-13,16H,3,10-11,18H2,1-2H3,(H,20,22);1H. The van der Waals surface area contributed by atoms with E-state index < -0.39 is 6.04 Å². The van der Waals surface area contributed by atoms with Gasteiger partial charge in [0.05, 0.1) is 12.4 Å². The molecule has 23 heavy (non-hydrogen) atoms. The van der Waals surface area contributed by atoms with E-state index in [9.17, 15) is 4.79 Å². The minimum Gasteiger partial charge on any atom is -0.351 e. The molecule has 1 amide bonds. The Morgan fingerprint density at radius 2 is 2.04 bits per heavy atom. The smallest absolute Gasteiger partial charge is 0.237 e. The Bertz CT molecular complexity index is 600. The van der Waals surface area contributed by atoms with Gasteiger partial charge < -0.3 is 15.6 Å². The number of carbonyl (C=O) groups is 1. The first-order valence-corrected chi connectivity index (χ1v) is 7.67. The van der Waals surface area contributed by atoms with Crippen LogP contribution in [-0.2, 0) is 17.9 Å². The lowest BCUT2D eigenvalue weighted by Crippen LogP contribution is -2.44. The number of amides is 1. The highest BCUT2D eigenvalue weighted by atomic mass is 35.5. The van der Waals surface area contributed by atoms with Crippen molar-refractivity contribution in [3.63, 3.8) is 0 Å². The highest BCUT2D eigenvalue weighted by Gasteiger charge is 2.19. The number of benzene rings is 1. The van der Waals surface area contributed by atoms with E-state index in [1.54, 1.807) is 12.5 Å². The van der Waals surface area contributed by atoms with Gasteiger partial charge in [-0.3, -0.25) is 4.79 Å². The van der Waals surface area contributed by atoms with E-state index in [1.165, 1.54) is 0 Å². The Morgan fingerprint density at radius 3 is 2.65 bits per heavy atom. The van der Waals surface area contributed by atoms with Gasteiger partial charge >= 0.3 is 0 Å². The third-order valence-corrected chi connectivity index (χ3v) is 4.04. The molecule has 0 saturated heterocycles. The Balaban J connectivity index is 0.00000264. The summed E-state index contributed by atoms with van der Waals surface area (Å²) in [7, 11) is 0. The van der Waals surface area contributed by atoms with Crippen molar-refractivity contribution >= 4 is 18.3 Å². The molecule has 2 rings (SSSR count). The molecule has 0 spiro atoms. The molecule has 0 saturated carbocycles. The first-order chi connectivity index (χ1) is 10.6. The molecule has 6 heteroatoms. The molecule has 0 radical (unpaired) electrons. The molecule has 0 fully saturated rings. The summed E-state index contributed by atoms with van der Waals surface area (Å²) in [5.74, 6) is 0.0907. The summed E-state index contributed by atoms with van der Waals surface area (Å²) in [5.41, 5.74) is 8.22. The van der Waals surface area contributed by atoms with Crippen LogP contribution in [0.1, 0.15) is 31.4 Å². The van der Waals surface area contributed by atoms with Crippen molar-refractivity contribution in [1.82, 2.24) is 14.9 Å². The first-order valence-electron chi connectivity index (χ1n) is 7.67. The second-order valence-electron chi connectivity index (χ2n) is 5.63. The van der Waals surface area contributed by atoms with Crippen LogP contribution in [-0.4, -0.2) is 21.5 Å². The number of imidazole rings is 1. The molecule has 2 aromatic rings. The Hall–Kier alpha value is -1.85. The van der Waals surface area contributed by atoms with Crippen LogP contribution in [0.25, 0.3) is 0 Å². The molecule has 0 aliphatic heterocycles. The Kier molecular flexibility index (Phi) is 7.78. The fourth-order valence-corrected chi connectivity index (χ4v) is 2.27. The molecule has 0 aliphatic rings. The summed E-state index contributed by atoms with van der Waals surface area (Å²) in [4.78, 5) is 16.1. The number of hydrogen-bond donors (Lipinski definition) is 2. The molecule has 1 aromatic carbocycles. The molecule has 0 bridgehead atoms. The van der Waals surface area contributed by atoms with Gasteiger partial charge in [0.2, 0.25) is 5.91 Å². The van der Waals surface area contributed by atoms with Gasteiger partial charge in [-0.2, -0.15) is 0 Å². The first kappa shape index (κ1) is 19.2. The van der Waals surface area contributed by atoms with E-state index >= 15 is 0 Å². The van der Waals surface area contributed by atoms with Gasteiger partial charge in [0.1, 0.15) is 0 Å². The maximum Gasteiger partial charge on any atom is 0.237 e. The van der Waals surface area contributed by atoms with Gasteiger partial charge in [-0.1, -0.05) is 44.5 Å². The van der Waals surface area contributed by atoms with Crippen LogP contribution in [0, 0.1) is 5.92 Å². The van der Waals surface area contributed by atoms with E-state index in [-0.39, 0.29) is 24.2 Å². The number of aromatic nitrogens is 2. The summed E-state index contributed by atoms with van der Waals surface area (Å²) >= 11 is 0. The van der Waals surface area contributed by atoms with Crippen LogP contribution in [0.4, 0.5) is 0 Å². The minimum absolute atomic E-state index is 0. The molecular formula is C17H25ClN4O. The normalized spacial score (nSPS) is 13.0. The zero-order chi connectivity index (χ0) is 15.9. The maximum atomic E-state index is 12.1. The van der Waals surface area contributed by atoms with E-state index in [2.05, 4.69) is 16.4 Å². The number of hydrogen-bond acceptors (Lipinski definition) is 3. The number of nitrogens with zero attached hydrogens (tertiary/aromatic N) is 2. The van der Waals surface area contributed by atoms with Crippen molar-refractivity contribution in [2.24, 2.45) is 11.7 Å². The predicted octanol–water partition coefficient (Wildman–Crippen LogP) is 2.34. The maximum absolute atomic E-state index is 12.1. The number of nitrogens with one attached hydrogen (secondary N) is 1. The second-order valence-corrected chi connectivity index (χ2v) is 5.63. The van der Waals surface area contributed by atoms with Crippen LogP contribution >= 0.6 is 12.4 Å². The predicted molar refractivity (Wildman–Crippen MR) is 94.3 cm³/mol. The third kappa shape index (κ3) is 5.37. The molecule has 126 valence electrons. The van der Waals surface area contributed by atoms with Crippen molar-refractivity contribution in [2.45, 2.75) is 39.4 Å². The Morgan fingerprint density at radius 1 is 1.35 bits per heavy atom. The lowest BCUT2D eigenvalue weighted by atomic mass is 9.99. The van der Waals surface area contributed by atoms with Crippen LogP contribution in [0.15, 0.2) is 43.0 Å². The number of carbonyl (C=O) groups excluding carboxylic acids is 1. The van der Waals surface area contributed by atoms with Crippen LogP contribution in [0.5, 0.6) is 0 Å². The van der Waals surface area contributed by atoms with E-state index in [0.29, 0.717) is 6.54 Å². The van der Waals surface area contributed by atoms with Gasteiger partial charge in [-0.05, 0) is 17.0 Å². The van der Waals surface area contributed by atoms with Crippen LogP contribution < -0.4 is 11.1 Å². The SMILES string of the molecule is CCC(C)C(N)C(=O)NCc1ccccc1Cn1ccnc1.Cl. The van der Waals surface area contributed by atoms with Crippen molar-refractivity contribution in [2.75, 3.05) is 0 Å². The number of halogens is 1. The minimum atomic E-state index is -0.453. The fraction of sp³-hybridized carbons (Fsp3) is 0.412. The van der Waals surface area contributed by atoms with Crippen LogP contribution in [0.2, 0.25) is 0 Å². The van der Waals surface area contributed by atoms with Gasteiger partial charge in [0, 0.05) is 25.5 Å². The number of nitrogens with two attached hydrogens (primary N) is 1. The van der Waals surface area contributed by atoms with Gasteiger partial charge in [-0.25, -0.2) is 4.98 Å². The second kappa shape index (κ2) is 9.33. The molecule has 1 aromatic heterocycles. The van der Waals surface area contributed by atoms with Crippen molar-refractivity contribution in [3.8, 4) is 0 Å². The van der Waals surface area contributed by atoms with Gasteiger partial charge in [-0.15, -0.1) is 12.4 Å². The summed E-state index contributed by atoms with van der Waals surface area (Å²) in [6.45, 7) is 5.27. The molecule has 5 nitrogen and oxygen atoms in total. The average Bonchev–Trinajstić information content (AvgIpc) is 3.05. The van der Waals surface area contributed by atoms with Gasteiger partial charge in [0.25, 0.3) is 0 Å². The lowest BCUT2D eigenvalue weighted by molar-refractivity contribution is -0.123. The zero-order valence-corrected chi connectivity index (χ0v) is 14.4. The van der Waals surface area contributed by atoms with Gasteiger partial charge in [0.15, 0.2) is 0 Å². The summed E-state index contributed by atoms with van der Waals surface area (Å²) < 4.78 is 2.01. The van der Waals surface area contributed by atoms with Crippen molar-refractivity contribution in [3.05, 3.63) is 54.1 Å². The Labute approximate surface area is 143 Å². The van der Waals surface area contributed by atoms with Crippen molar-refractivity contribution < 1.29 is 4.79 Å². The molecule has 0 aliphatic carbocycles. The fourth-order valence-electron chi connectivity index (χ4n) is 2.27. The number of rotatable bonds is 7. The third-order valence-electron chi connectivity index (χ3n) is 4.04. The highest BCUT2D eigenvalue weighted by Crippen LogP contribution is 2.11. The zero-order valence-electron chi connectivity index (χ0n) is 13.6. The molecule has 2 unspecified atom stereocenters. The van der Waals surface area contributed by atoms with Crippen LogP contribution in [0.3, 0.4) is 0 Å². The summed E-state index contributed by atoms with van der Waals surface area (Å²) in [5, 5.41) is 2.95. The topological polar surface area (TPSA) is 72.9 Å². The lowest BCUT2D eigenvalue weighted by Gasteiger charge is -2.18. The summed E-state index contributed by atoms with van der Waals surface area (Å²) in [6.07, 6.45) is 6.36. The van der Waals surface area contributed by atoms with E-state index in [0.717, 1.165) is 24.1 Å². The molecule has 2 atom stereocenters. The average molecular weight is 337 g/mol. The largest absolute Gasteiger partial charge is 0.351 e. The molecular weight excluding hydrogens is 312 g/mol.